The van der Waals surface area contributed by atoms with Crippen LogP contribution in [-0.2, 0) is 11.3 Å². The zero-order chi connectivity index (χ0) is 12.0. The number of nitrogens with zero attached hydrogens (tertiary/aromatic N) is 2. The Morgan fingerprint density at radius 2 is 2.18 bits per heavy atom. The molecule has 1 aromatic rings. The van der Waals surface area contributed by atoms with Gasteiger partial charge in [0.2, 0.25) is 0 Å². The molecule has 0 radical (unpaired) electrons. The molecule has 1 saturated heterocycles. The van der Waals surface area contributed by atoms with E-state index in [0.29, 0.717) is 12.0 Å². The summed E-state index contributed by atoms with van der Waals surface area (Å²) in [5, 5.41) is 8.23. The number of nitrogens with one attached hydrogen (secondary N) is 1. The van der Waals surface area contributed by atoms with Gasteiger partial charge in [0, 0.05) is 18.7 Å². The fourth-order valence-corrected chi connectivity index (χ4v) is 2.87. The fraction of sp³-hybridized carbons (Fsp3) is 0.769. The predicted molar refractivity (Wildman–Crippen MR) is 67.1 cm³/mol. The van der Waals surface area contributed by atoms with Crippen LogP contribution in [0.1, 0.15) is 44.1 Å². The molecule has 94 valence electrons. The molecular formula is C13H21N3O. The van der Waals surface area contributed by atoms with Gasteiger partial charge in [-0.05, 0) is 32.6 Å². The Morgan fingerprint density at radius 1 is 1.35 bits per heavy atom. The second-order valence-corrected chi connectivity index (χ2v) is 5.54. The maximum absolute atomic E-state index is 5.93. The van der Waals surface area contributed by atoms with Crippen molar-refractivity contribution in [3.05, 3.63) is 11.3 Å². The third-order valence-corrected chi connectivity index (χ3v) is 3.87. The van der Waals surface area contributed by atoms with E-state index in [0.717, 1.165) is 31.6 Å². The van der Waals surface area contributed by atoms with Crippen LogP contribution < -0.4 is 5.32 Å². The normalized spacial score (nSPS) is 32.3. The molecule has 0 amide bonds. The number of hydrogen-bond acceptors (Lipinski definition) is 3. The molecule has 1 N–H and O–H groups in total. The summed E-state index contributed by atoms with van der Waals surface area (Å²) in [6.07, 6.45) is 2.84. The Labute approximate surface area is 102 Å². The second kappa shape index (κ2) is 4.02. The van der Waals surface area contributed by atoms with Gasteiger partial charge in [0.05, 0.1) is 11.8 Å². The molecule has 3 atom stereocenters. The lowest BCUT2D eigenvalue weighted by Gasteiger charge is -2.22. The largest absolute Gasteiger partial charge is 0.370 e. The minimum absolute atomic E-state index is 0.209. The molecule has 0 saturated carbocycles. The minimum Gasteiger partial charge on any atom is -0.370 e. The van der Waals surface area contributed by atoms with Gasteiger partial charge in [-0.25, -0.2) is 4.68 Å². The van der Waals surface area contributed by atoms with Crippen LogP contribution in [0.25, 0.3) is 0 Å². The molecule has 0 bridgehead atoms. The van der Waals surface area contributed by atoms with E-state index in [4.69, 9.17) is 9.84 Å². The van der Waals surface area contributed by atoms with Crippen molar-refractivity contribution in [3.63, 3.8) is 0 Å². The summed E-state index contributed by atoms with van der Waals surface area (Å²) in [5.41, 5.74) is 2.42. The van der Waals surface area contributed by atoms with E-state index in [1.807, 2.05) is 0 Å². The van der Waals surface area contributed by atoms with Crippen LogP contribution in [0.5, 0.6) is 0 Å². The number of ether oxygens (including phenoxy) is 1. The maximum Gasteiger partial charge on any atom is 0.127 e. The highest BCUT2D eigenvalue weighted by Crippen LogP contribution is 2.36. The molecular weight excluding hydrogens is 214 g/mol. The smallest absolute Gasteiger partial charge is 0.127 e. The number of hydrogen-bond donors (Lipinski definition) is 1. The van der Waals surface area contributed by atoms with Crippen molar-refractivity contribution in [1.29, 1.82) is 0 Å². The summed E-state index contributed by atoms with van der Waals surface area (Å²) in [7, 11) is 0. The molecule has 3 heterocycles. The number of fused-ring (bicyclic) bond motifs is 1. The Hall–Kier alpha value is -1.03. The van der Waals surface area contributed by atoms with Crippen molar-refractivity contribution < 1.29 is 4.74 Å². The zero-order valence-electron chi connectivity index (χ0n) is 10.9. The van der Waals surface area contributed by atoms with Gasteiger partial charge in [0.25, 0.3) is 0 Å². The van der Waals surface area contributed by atoms with Crippen LogP contribution in [0.2, 0.25) is 0 Å². The minimum atomic E-state index is 0.209. The summed E-state index contributed by atoms with van der Waals surface area (Å²) in [4.78, 5) is 0. The van der Waals surface area contributed by atoms with Crippen LogP contribution in [0, 0.1) is 12.8 Å². The van der Waals surface area contributed by atoms with Crippen LogP contribution >= 0.6 is 0 Å². The quantitative estimate of drug-likeness (QED) is 0.813. The highest BCUT2D eigenvalue weighted by atomic mass is 16.5. The van der Waals surface area contributed by atoms with Gasteiger partial charge in [-0.3, -0.25) is 0 Å². The summed E-state index contributed by atoms with van der Waals surface area (Å²) in [5.74, 6) is 1.85. The number of rotatable bonds is 1. The first kappa shape index (κ1) is 11.1. The molecule has 4 heteroatoms. The first-order valence-electron chi connectivity index (χ1n) is 6.61. The third-order valence-electron chi connectivity index (χ3n) is 3.87. The highest BCUT2D eigenvalue weighted by Gasteiger charge is 2.30. The van der Waals surface area contributed by atoms with E-state index in [1.165, 1.54) is 11.4 Å². The van der Waals surface area contributed by atoms with Crippen molar-refractivity contribution in [2.45, 2.75) is 52.4 Å². The lowest BCUT2D eigenvalue weighted by molar-refractivity contribution is 0.0522. The predicted octanol–water partition coefficient (Wildman–Crippen LogP) is 2.49. The van der Waals surface area contributed by atoms with Crippen molar-refractivity contribution in [2.24, 2.45) is 5.92 Å². The Bertz CT molecular complexity index is 427. The second-order valence-electron chi connectivity index (χ2n) is 5.54. The lowest BCUT2D eigenvalue weighted by Crippen LogP contribution is -2.25. The van der Waals surface area contributed by atoms with Gasteiger partial charge >= 0.3 is 0 Å². The molecule has 3 unspecified atom stereocenters. The lowest BCUT2D eigenvalue weighted by atomic mass is 10.1. The Balaban J connectivity index is 1.91. The van der Waals surface area contributed by atoms with E-state index in [1.54, 1.807) is 0 Å². The molecule has 4 nitrogen and oxygen atoms in total. The standard InChI is InChI=1S/C13H21N3O/c1-8-6-14-13-10(3)12(15-16(13)7-8)11-5-4-9(2)17-11/h8-9,11,14H,4-7H2,1-3H3. The van der Waals surface area contributed by atoms with Gasteiger partial charge < -0.3 is 10.1 Å². The van der Waals surface area contributed by atoms with E-state index < -0.39 is 0 Å². The molecule has 0 aliphatic carbocycles. The first-order chi connectivity index (χ1) is 8.15. The van der Waals surface area contributed by atoms with Crippen molar-refractivity contribution in [2.75, 3.05) is 11.9 Å². The van der Waals surface area contributed by atoms with Gasteiger partial charge in [0.1, 0.15) is 11.9 Å². The average molecular weight is 235 g/mol. The molecule has 17 heavy (non-hydrogen) atoms. The van der Waals surface area contributed by atoms with Crippen molar-refractivity contribution in [1.82, 2.24) is 9.78 Å². The monoisotopic (exact) mass is 235 g/mol. The van der Waals surface area contributed by atoms with Crippen molar-refractivity contribution >= 4 is 5.82 Å². The van der Waals surface area contributed by atoms with Gasteiger partial charge in [0.15, 0.2) is 0 Å². The molecule has 0 spiro atoms. The molecule has 3 rings (SSSR count). The summed E-state index contributed by atoms with van der Waals surface area (Å²) in [6.45, 7) is 8.62. The number of aromatic nitrogens is 2. The van der Waals surface area contributed by atoms with Gasteiger partial charge in [-0.2, -0.15) is 5.10 Å². The maximum atomic E-state index is 5.93. The van der Waals surface area contributed by atoms with Gasteiger partial charge in [-0.1, -0.05) is 6.92 Å². The Morgan fingerprint density at radius 3 is 2.88 bits per heavy atom. The summed E-state index contributed by atoms with van der Waals surface area (Å²) >= 11 is 0. The average Bonchev–Trinajstić information content (AvgIpc) is 2.83. The molecule has 0 aromatic carbocycles. The third kappa shape index (κ3) is 1.84. The van der Waals surface area contributed by atoms with Crippen LogP contribution in [0.3, 0.4) is 0 Å². The fourth-order valence-electron chi connectivity index (χ4n) is 2.87. The number of anilines is 1. The zero-order valence-corrected chi connectivity index (χ0v) is 10.9. The first-order valence-corrected chi connectivity index (χ1v) is 6.61. The van der Waals surface area contributed by atoms with Crippen molar-refractivity contribution in [3.8, 4) is 0 Å². The SMILES string of the molecule is Cc1c(C2CCC(C)O2)nn2c1NCC(C)C2. The summed E-state index contributed by atoms with van der Waals surface area (Å²) in [6, 6.07) is 0. The molecule has 2 aliphatic rings. The van der Waals surface area contributed by atoms with Crippen LogP contribution in [-0.4, -0.2) is 22.4 Å². The Kier molecular flexibility index (Phi) is 2.62. The van der Waals surface area contributed by atoms with Crippen LogP contribution in [0.4, 0.5) is 5.82 Å². The van der Waals surface area contributed by atoms with Crippen LogP contribution in [0.15, 0.2) is 0 Å². The molecule has 1 fully saturated rings. The van der Waals surface area contributed by atoms with E-state index >= 15 is 0 Å². The van der Waals surface area contributed by atoms with E-state index in [2.05, 4.69) is 30.8 Å². The topological polar surface area (TPSA) is 39.1 Å². The molecule has 1 aromatic heterocycles. The van der Waals surface area contributed by atoms with E-state index in [-0.39, 0.29) is 6.10 Å². The highest BCUT2D eigenvalue weighted by molar-refractivity contribution is 5.48. The van der Waals surface area contributed by atoms with Gasteiger partial charge in [-0.15, -0.1) is 0 Å². The summed E-state index contributed by atoms with van der Waals surface area (Å²) < 4.78 is 8.05. The van der Waals surface area contributed by atoms with E-state index in [9.17, 15) is 0 Å². The molecule has 2 aliphatic heterocycles.